The van der Waals surface area contributed by atoms with E-state index < -0.39 is 42.4 Å². The summed E-state index contributed by atoms with van der Waals surface area (Å²) in [5, 5.41) is 13.3. The van der Waals surface area contributed by atoms with E-state index in [1.165, 1.54) is 12.1 Å². The lowest BCUT2D eigenvalue weighted by molar-refractivity contribution is -0.164. The van der Waals surface area contributed by atoms with E-state index in [1.807, 2.05) is 39.0 Å². The maximum Gasteiger partial charge on any atom is 0.312 e. The van der Waals surface area contributed by atoms with Crippen LogP contribution < -0.4 is 4.74 Å². The largest absolute Gasteiger partial charge is 0.485 e. The average Bonchev–Trinajstić information content (AvgIpc) is 3.31. The van der Waals surface area contributed by atoms with Gasteiger partial charge < -0.3 is 14.3 Å². The van der Waals surface area contributed by atoms with Gasteiger partial charge in [0.1, 0.15) is 23.8 Å². The van der Waals surface area contributed by atoms with Crippen LogP contribution >= 0.6 is 0 Å². The van der Waals surface area contributed by atoms with Crippen LogP contribution in [0.5, 0.6) is 5.75 Å². The number of ether oxygens (including phenoxy) is 1. The summed E-state index contributed by atoms with van der Waals surface area (Å²) in [6, 6.07) is 8.34. The zero-order valence-electron chi connectivity index (χ0n) is 17.1. The van der Waals surface area contributed by atoms with Crippen molar-refractivity contribution in [3.8, 4) is 5.75 Å². The number of rotatable bonds is 7. The lowest BCUT2D eigenvalue weighted by atomic mass is 10.0. The number of hydrogen-bond acceptors (Lipinski definition) is 5. The molecule has 0 unspecified atom stereocenters. The first-order valence-electron chi connectivity index (χ1n) is 9.55. The van der Waals surface area contributed by atoms with Crippen LogP contribution in [0.2, 0.25) is 0 Å². The average molecular weight is 442 g/mol. The van der Waals surface area contributed by atoms with Gasteiger partial charge in [-0.3, -0.25) is 4.79 Å². The van der Waals surface area contributed by atoms with Crippen molar-refractivity contribution in [2.24, 2.45) is 5.10 Å². The zero-order chi connectivity index (χ0) is 22.9. The van der Waals surface area contributed by atoms with Crippen molar-refractivity contribution in [1.82, 2.24) is 5.01 Å². The number of amides is 1. The fourth-order valence-corrected chi connectivity index (χ4v) is 3.17. The highest BCUT2D eigenvalue weighted by atomic mass is 19.3. The quantitative estimate of drug-likeness (QED) is 0.630. The van der Waals surface area contributed by atoms with E-state index in [9.17, 15) is 27.5 Å². The first-order chi connectivity index (χ1) is 14.5. The number of benzene rings is 1. The molecule has 1 aromatic carbocycles. The molecule has 0 bridgehead atoms. The maximum atomic E-state index is 13.3. The highest BCUT2D eigenvalue weighted by Crippen LogP contribution is 2.34. The summed E-state index contributed by atoms with van der Waals surface area (Å²) in [6.07, 6.45) is -7.85. The van der Waals surface area contributed by atoms with E-state index in [0.717, 1.165) is 11.1 Å². The third-order valence-corrected chi connectivity index (χ3v) is 4.86. The predicted molar refractivity (Wildman–Crippen MR) is 103 cm³/mol. The molecule has 0 saturated heterocycles. The second kappa shape index (κ2) is 8.70. The number of nitrogens with zero attached hydrogens (tertiary/aromatic N) is 2. The molecule has 31 heavy (non-hydrogen) atoms. The third-order valence-electron chi connectivity index (χ3n) is 4.86. The second-order valence-corrected chi connectivity index (χ2v) is 7.62. The van der Waals surface area contributed by atoms with E-state index in [4.69, 9.17) is 9.15 Å². The fraction of sp³-hybridized carbons (Fsp3) is 0.429. The monoisotopic (exact) mass is 442 g/mol. The van der Waals surface area contributed by atoms with Gasteiger partial charge in [0.15, 0.2) is 5.76 Å². The lowest BCUT2D eigenvalue weighted by Gasteiger charge is -2.29. The van der Waals surface area contributed by atoms with Crippen molar-refractivity contribution in [2.45, 2.75) is 58.3 Å². The minimum Gasteiger partial charge on any atom is -0.485 e. The number of halogens is 4. The van der Waals surface area contributed by atoms with Crippen LogP contribution in [-0.4, -0.2) is 40.3 Å². The normalized spacial score (nSPS) is 18.9. The fourth-order valence-electron chi connectivity index (χ4n) is 3.17. The van der Waals surface area contributed by atoms with Gasteiger partial charge in [0, 0.05) is 6.42 Å². The number of alkyl halides is 4. The van der Waals surface area contributed by atoms with Gasteiger partial charge in [0.2, 0.25) is 5.72 Å². The zero-order valence-corrected chi connectivity index (χ0v) is 17.1. The molecule has 10 heteroatoms. The molecule has 1 aromatic heterocycles. The maximum absolute atomic E-state index is 13.3. The smallest absolute Gasteiger partial charge is 0.312 e. The molecule has 2 aromatic rings. The summed E-state index contributed by atoms with van der Waals surface area (Å²) in [5.41, 5.74) is -2.21. The van der Waals surface area contributed by atoms with E-state index in [-0.39, 0.29) is 23.3 Å². The summed E-state index contributed by atoms with van der Waals surface area (Å²) in [5.74, 6) is -0.656. The van der Waals surface area contributed by atoms with Crippen LogP contribution in [0.4, 0.5) is 17.6 Å². The van der Waals surface area contributed by atoms with Gasteiger partial charge in [-0.2, -0.15) is 10.1 Å². The SMILES string of the molecule is Cc1ccc(C(C)C)c(OCc2ccc(C(=O)N3N=C(C(F)F)C[C@]3(O)C(F)F)o2)c1. The van der Waals surface area contributed by atoms with Crippen molar-refractivity contribution < 1.29 is 36.6 Å². The third kappa shape index (κ3) is 4.58. The van der Waals surface area contributed by atoms with Crippen LogP contribution in [-0.2, 0) is 6.61 Å². The summed E-state index contributed by atoms with van der Waals surface area (Å²) in [4.78, 5) is 12.6. The molecule has 168 valence electrons. The molecule has 1 amide bonds. The molecule has 6 nitrogen and oxygen atoms in total. The Morgan fingerprint density at radius 3 is 2.58 bits per heavy atom. The Balaban J connectivity index is 1.78. The molecule has 0 aliphatic carbocycles. The molecular formula is C21H22F4N2O4. The standard InChI is InChI=1S/C21H22F4N2O4/c1-11(2)14-6-4-12(3)8-17(14)30-10-13-5-7-16(31-13)19(28)27-21(29,20(24)25)9-15(26-27)18(22)23/h4-8,11,18,20,29H,9-10H2,1-3H3/t21-/m0/s1. The number of aryl methyl sites for hydroxylation is 1. The molecule has 1 atom stereocenters. The van der Waals surface area contributed by atoms with Gasteiger partial charge in [-0.25, -0.2) is 17.6 Å². The first kappa shape index (κ1) is 22.8. The molecular weight excluding hydrogens is 420 g/mol. The van der Waals surface area contributed by atoms with Crippen LogP contribution in [0, 0.1) is 6.92 Å². The highest BCUT2D eigenvalue weighted by molar-refractivity contribution is 5.97. The van der Waals surface area contributed by atoms with E-state index >= 15 is 0 Å². The van der Waals surface area contributed by atoms with Gasteiger partial charge >= 0.3 is 5.91 Å². The van der Waals surface area contributed by atoms with Crippen molar-refractivity contribution in [1.29, 1.82) is 0 Å². The Morgan fingerprint density at radius 2 is 1.97 bits per heavy atom. The second-order valence-electron chi connectivity index (χ2n) is 7.62. The minimum absolute atomic E-state index is 0.0416. The van der Waals surface area contributed by atoms with Crippen LogP contribution in [0.1, 0.15) is 53.6 Å². The number of carbonyl (C=O) groups is 1. The number of furan rings is 1. The van der Waals surface area contributed by atoms with Gasteiger partial charge in [0.25, 0.3) is 12.9 Å². The van der Waals surface area contributed by atoms with E-state index in [0.29, 0.717) is 5.75 Å². The van der Waals surface area contributed by atoms with Gasteiger partial charge in [-0.05, 0) is 42.2 Å². The summed E-state index contributed by atoms with van der Waals surface area (Å²) >= 11 is 0. The number of hydrazone groups is 1. The van der Waals surface area contributed by atoms with Crippen molar-refractivity contribution in [3.05, 3.63) is 53.0 Å². The van der Waals surface area contributed by atoms with Crippen molar-refractivity contribution >= 4 is 11.6 Å². The predicted octanol–water partition coefficient (Wildman–Crippen LogP) is 4.71. The Labute approximate surface area is 176 Å². The Hall–Kier alpha value is -2.88. The summed E-state index contributed by atoms with van der Waals surface area (Å²) in [7, 11) is 0. The molecule has 1 aliphatic rings. The molecule has 2 heterocycles. The molecule has 3 rings (SSSR count). The van der Waals surface area contributed by atoms with E-state index in [2.05, 4.69) is 5.10 Å². The minimum atomic E-state index is -3.51. The summed E-state index contributed by atoms with van der Waals surface area (Å²) in [6.45, 7) is 5.88. The van der Waals surface area contributed by atoms with E-state index in [1.54, 1.807) is 0 Å². The Bertz CT molecular complexity index is 990. The molecule has 1 aliphatic heterocycles. The first-order valence-corrected chi connectivity index (χ1v) is 9.55. The highest BCUT2D eigenvalue weighted by Gasteiger charge is 2.54. The number of aliphatic hydroxyl groups is 1. The molecule has 0 radical (unpaired) electrons. The summed E-state index contributed by atoms with van der Waals surface area (Å²) < 4.78 is 63.6. The Morgan fingerprint density at radius 1 is 1.26 bits per heavy atom. The molecule has 1 N–H and O–H groups in total. The van der Waals surface area contributed by atoms with Crippen LogP contribution in [0.3, 0.4) is 0 Å². The van der Waals surface area contributed by atoms with Crippen molar-refractivity contribution in [3.63, 3.8) is 0 Å². The van der Waals surface area contributed by atoms with Gasteiger partial charge in [-0.15, -0.1) is 0 Å². The molecule has 0 saturated carbocycles. The lowest BCUT2D eigenvalue weighted by Crippen LogP contribution is -2.51. The topological polar surface area (TPSA) is 75.3 Å². The molecule has 0 fully saturated rings. The Kier molecular flexibility index (Phi) is 6.40. The van der Waals surface area contributed by atoms with Gasteiger partial charge in [0.05, 0.1) is 0 Å². The number of carbonyl (C=O) groups excluding carboxylic acids is 1. The van der Waals surface area contributed by atoms with Crippen LogP contribution in [0.15, 0.2) is 39.9 Å². The molecule has 0 spiro atoms. The van der Waals surface area contributed by atoms with Crippen LogP contribution in [0.25, 0.3) is 0 Å². The van der Waals surface area contributed by atoms with Gasteiger partial charge in [-0.1, -0.05) is 26.0 Å². The number of hydrogen-bond donors (Lipinski definition) is 1. The van der Waals surface area contributed by atoms with Crippen molar-refractivity contribution in [2.75, 3.05) is 0 Å².